The number of hydrogen-bond donors (Lipinski definition) is 3. The molecule has 0 unspecified atom stereocenters. The summed E-state index contributed by atoms with van der Waals surface area (Å²) in [6.07, 6.45) is 0. The topological polar surface area (TPSA) is 100 Å². The minimum atomic E-state index is -0.563. The minimum absolute atomic E-state index is 0. The van der Waals surface area contributed by atoms with Crippen LogP contribution in [0.4, 0.5) is 0 Å². The van der Waals surface area contributed by atoms with Crippen LogP contribution in [-0.4, -0.2) is 53.4 Å². The summed E-state index contributed by atoms with van der Waals surface area (Å²) in [5, 5.41) is 7.19. The SMILES string of the molecule is C[C@H](N)C(=O)N1CCN[C@H](C(=O)N[C@H](C)c2ccc3ccc(Br)cc3n2)C1.Cl. The van der Waals surface area contributed by atoms with Gasteiger partial charge in [0.05, 0.1) is 23.3 Å². The average Bonchev–Trinajstić information content (AvgIpc) is 2.66. The highest BCUT2D eigenvalue weighted by atomic mass is 79.9. The van der Waals surface area contributed by atoms with Gasteiger partial charge in [-0.2, -0.15) is 0 Å². The molecule has 2 heterocycles. The third-order valence-electron chi connectivity index (χ3n) is 4.67. The molecule has 0 saturated carbocycles. The number of rotatable bonds is 4. The fourth-order valence-corrected chi connectivity index (χ4v) is 3.50. The molecule has 0 radical (unpaired) electrons. The molecule has 2 amide bonds. The lowest BCUT2D eigenvalue weighted by Crippen LogP contribution is -2.60. The second kappa shape index (κ2) is 9.65. The van der Waals surface area contributed by atoms with Gasteiger partial charge in [-0.15, -0.1) is 12.4 Å². The fraction of sp³-hybridized carbons (Fsp3) is 0.421. The summed E-state index contributed by atoms with van der Waals surface area (Å²) in [6.45, 7) is 4.99. The molecule has 1 aliphatic heterocycles. The second-order valence-electron chi connectivity index (χ2n) is 6.88. The van der Waals surface area contributed by atoms with Crippen molar-refractivity contribution in [1.82, 2.24) is 20.5 Å². The van der Waals surface area contributed by atoms with Gasteiger partial charge in [0.25, 0.3) is 0 Å². The predicted octanol–water partition coefficient (Wildman–Crippen LogP) is 1.74. The van der Waals surface area contributed by atoms with Gasteiger partial charge in [-0.05, 0) is 32.0 Å². The van der Waals surface area contributed by atoms with E-state index in [4.69, 9.17) is 5.73 Å². The number of fused-ring (bicyclic) bond motifs is 1. The molecule has 7 nitrogen and oxygen atoms in total. The van der Waals surface area contributed by atoms with Crippen molar-refractivity contribution in [2.75, 3.05) is 19.6 Å². The number of carbonyl (C=O) groups excluding carboxylic acids is 2. The largest absolute Gasteiger partial charge is 0.347 e. The standard InChI is InChI=1S/C19H24BrN5O2.ClH/c1-11(21)19(27)25-8-7-22-17(10-25)18(26)23-12(2)15-6-4-13-3-5-14(20)9-16(13)24-15;/h3-6,9,11-12,17,22H,7-8,10,21H2,1-2H3,(H,23,26);1H/t11-,12+,17-;/m0./s1. The number of nitrogens with zero attached hydrogens (tertiary/aromatic N) is 2. The van der Waals surface area contributed by atoms with Gasteiger partial charge in [-0.3, -0.25) is 14.6 Å². The molecular weight excluding hydrogens is 446 g/mol. The number of hydrogen-bond acceptors (Lipinski definition) is 5. The third kappa shape index (κ3) is 5.20. The van der Waals surface area contributed by atoms with Gasteiger partial charge in [0, 0.05) is 29.5 Å². The first-order chi connectivity index (χ1) is 12.8. The number of carbonyl (C=O) groups is 2. The maximum atomic E-state index is 12.7. The highest BCUT2D eigenvalue weighted by Crippen LogP contribution is 2.20. The summed E-state index contributed by atoms with van der Waals surface area (Å²) in [7, 11) is 0. The zero-order valence-electron chi connectivity index (χ0n) is 15.8. The van der Waals surface area contributed by atoms with Crippen molar-refractivity contribution < 1.29 is 9.59 Å². The van der Waals surface area contributed by atoms with Crippen LogP contribution in [0.25, 0.3) is 10.9 Å². The number of aromatic nitrogens is 1. The maximum Gasteiger partial charge on any atom is 0.239 e. The molecule has 1 fully saturated rings. The van der Waals surface area contributed by atoms with Crippen LogP contribution in [0.3, 0.4) is 0 Å². The molecule has 0 spiro atoms. The van der Waals surface area contributed by atoms with E-state index in [1.54, 1.807) is 11.8 Å². The van der Waals surface area contributed by atoms with Crippen LogP contribution < -0.4 is 16.4 Å². The van der Waals surface area contributed by atoms with Crippen molar-refractivity contribution in [2.24, 2.45) is 5.73 Å². The lowest BCUT2D eigenvalue weighted by atomic mass is 10.1. The van der Waals surface area contributed by atoms with Gasteiger partial charge < -0.3 is 21.3 Å². The molecule has 0 bridgehead atoms. The zero-order chi connectivity index (χ0) is 19.6. The molecule has 28 heavy (non-hydrogen) atoms. The Bertz CT molecular complexity index is 863. The highest BCUT2D eigenvalue weighted by molar-refractivity contribution is 9.10. The van der Waals surface area contributed by atoms with E-state index in [9.17, 15) is 9.59 Å². The summed E-state index contributed by atoms with van der Waals surface area (Å²) in [4.78, 5) is 31.0. The van der Waals surface area contributed by atoms with Gasteiger partial charge in [-0.1, -0.05) is 28.1 Å². The average molecular weight is 471 g/mol. The number of nitrogens with one attached hydrogen (secondary N) is 2. The first-order valence-corrected chi connectivity index (χ1v) is 9.79. The van der Waals surface area contributed by atoms with Crippen LogP contribution in [0.5, 0.6) is 0 Å². The van der Waals surface area contributed by atoms with Crippen molar-refractivity contribution in [3.8, 4) is 0 Å². The molecule has 1 saturated heterocycles. The number of pyridine rings is 1. The Kier molecular flexibility index (Phi) is 7.77. The van der Waals surface area contributed by atoms with Crippen molar-refractivity contribution in [3.05, 3.63) is 40.5 Å². The van der Waals surface area contributed by atoms with Gasteiger partial charge in [0.1, 0.15) is 6.04 Å². The summed E-state index contributed by atoms with van der Waals surface area (Å²) in [5.74, 6) is -0.287. The molecule has 4 N–H and O–H groups in total. The van der Waals surface area contributed by atoms with Gasteiger partial charge in [0.2, 0.25) is 11.8 Å². The summed E-state index contributed by atoms with van der Waals surface area (Å²) in [6, 6.07) is 8.56. The van der Waals surface area contributed by atoms with E-state index in [1.807, 2.05) is 37.3 Å². The smallest absolute Gasteiger partial charge is 0.239 e. The predicted molar refractivity (Wildman–Crippen MR) is 115 cm³/mol. The minimum Gasteiger partial charge on any atom is -0.347 e. The number of benzene rings is 1. The van der Waals surface area contributed by atoms with Crippen LogP contribution in [0.2, 0.25) is 0 Å². The van der Waals surface area contributed by atoms with Crippen molar-refractivity contribution in [3.63, 3.8) is 0 Å². The van der Waals surface area contributed by atoms with E-state index >= 15 is 0 Å². The van der Waals surface area contributed by atoms with Crippen molar-refractivity contribution in [2.45, 2.75) is 32.0 Å². The normalized spacial score (nSPS) is 18.9. The molecule has 2 aromatic rings. The van der Waals surface area contributed by atoms with E-state index in [-0.39, 0.29) is 30.3 Å². The fourth-order valence-electron chi connectivity index (χ4n) is 3.15. The first-order valence-electron chi connectivity index (χ1n) is 8.99. The van der Waals surface area contributed by atoms with E-state index in [2.05, 4.69) is 31.5 Å². The Morgan fingerprint density at radius 2 is 2.04 bits per heavy atom. The summed E-state index contributed by atoms with van der Waals surface area (Å²) >= 11 is 3.45. The molecule has 9 heteroatoms. The Balaban J connectivity index is 0.00000280. The van der Waals surface area contributed by atoms with Gasteiger partial charge >= 0.3 is 0 Å². The molecule has 1 aromatic heterocycles. The molecule has 1 aliphatic rings. The Labute approximate surface area is 179 Å². The lowest BCUT2D eigenvalue weighted by Gasteiger charge is -2.34. The van der Waals surface area contributed by atoms with E-state index < -0.39 is 12.1 Å². The molecule has 3 rings (SSSR count). The quantitative estimate of drug-likeness (QED) is 0.632. The van der Waals surface area contributed by atoms with Crippen molar-refractivity contribution >= 4 is 51.1 Å². The Morgan fingerprint density at radius 3 is 2.75 bits per heavy atom. The molecule has 152 valence electrons. The Morgan fingerprint density at radius 1 is 1.32 bits per heavy atom. The van der Waals surface area contributed by atoms with Crippen LogP contribution in [-0.2, 0) is 9.59 Å². The van der Waals surface area contributed by atoms with Crippen LogP contribution in [0, 0.1) is 0 Å². The molecule has 3 atom stereocenters. The third-order valence-corrected chi connectivity index (χ3v) is 5.16. The summed E-state index contributed by atoms with van der Waals surface area (Å²) in [5.41, 5.74) is 7.33. The first kappa shape index (κ1) is 22.5. The number of halogens is 2. The Hall–Kier alpha value is -1.74. The van der Waals surface area contributed by atoms with Crippen LogP contribution in [0.15, 0.2) is 34.8 Å². The van der Waals surface area contributed by atoms with E-state index in [1.165, 1.54) is 0 Å². The summed E-state index contributed by atoms with van der Waals surface area (Å²) < 4.78 is 0.960. The van der Waals surface area contributed by atoms with Crippen LogP contribution >= 0.6 is 28.3 Å². The second-order valence-corrected chi connectivity index (χ2v) is 7.80. The van der Waals surface area contributed by atoms with Crippen molar-refractivity contribution in [1.29, 1.82) is 0 Å². The maximum absolute atomic E-state index is 12.7. The molecular formula is C19H25BrClN5O2. The van der Waals surface area contributed by atoms with Crippen LogP contribution in [0.1, 0.15) is 25.6 Å². The van der Waals surface area contributed by atoms with Gasteiger partial charge in [-0.25, -0.2) is 0 Å². The number of nitrogens with two attached hydrogens (primary N) is 1. The monoisotopic (exact) mass is 469 g/mol. The molecule has 0 aliphatic carbocycles. The molecule has 1 aromatic carbocycles. The zero-order valence-corrected chi connectivity index (χ0v) is 18.2. The number of piperazine rings is 1. The lowest BCUT2D eigenvalue weighted by molar-refractivity contribution is -0.135. The van der Waals surface area contributed by atoms with E-state index in [0.29, 0.717) is 19.6 Å². The van der Waals surface area contributed by atoms with E-state index in [0.717, 1.165) is 21.1 Å². The highest BCUT2D eigenvalue weighted by Gasteiger charge is 2.29. The number of amides is 2. The van der Waals surface area contributed by atoms with Gasteiger partial charge in [0.15, 0.2) is 0 Å².